The molecule has 0 N–H and O–H groups in total. The number of aliphatic imine (C=N–C) groups is 2. The smallest absolute Gasteiger partial charge is 0.269 e. The minimum absolute atomic E-state index is 0.0324. The average Bonchev–Trinajstić information content (AvgIpc) is 3.04. The van der Waals surface area contributed by atoms with Crippen LogP contribution in [-0.4, -0.2) is 33.4 Å². The molecule has 28 heavy (non-hydrogen) atoms. The third kappa shape index (κ3) is 3.00. The summed E-state index contributed by atoms with van der Waals surface area (Å²) in [5.74, 6) is 1.10. The summed E-state index contributed by atoms with van der Waals surface area (Å²) in [5, 5.41) is 10.8. The van der Waals surface area contributed by atoms with E-state index >= 15 is 0 Å². The van der Waals surface area contributed by atoms with Gasteiger partial charge in [0, 0.05) is 17.7 Å². The Kier molecular flexibility index (Phi) is 4.35. The molecular formula is C21H18N4O3. The second-order valence-corrected chi connectivity index (χ2v) is 6.98. The SMILES string of the molecule is CC(C)[C@@H]1N=C2c3ccccc3N=C(/C=C/c3ccc([N+](=O)[O-])cc3)N2C1=O. The Morgan fingerprint density at radius 2 is 1.82 bits per heavy atom. The van der Waals surface area contributed by atoms with Crippen LogP contribution in [0.3, 0.4) is 0 Å². The standard InChI is InChI=1S/C21H18N4O3/c1-13(2)19-21(26)24-18(12-9-14-7-10-15(11-8-14)25(27)28)22-17-6-4-3-5-16(17)20(24)23-19/h3-13,19H,1-2H3/b12-9+/t19-/m0/s1. The number of hydrogen-bond acceptors (Lipinski definition) is 5. The second-order valence-electron chi connectivity index (χ2n) is 6.98. The Morgan fingerprint density at radius 3 is 2.50 bits per heavy atom. The third-order valence-electron chi connectivity index (χ3n) is 4.72. The van der Waals surface area contributed by atoms with Gasteiger partial charge in [0.2, 0.25) is 0 Å². The Morgan fingerprint density at radius 1 is 1.11 bits per heavy atom. The predicted molar refractivity (Wildman–Crippen MR) is 108 cm³/mol. The Balaban J connectivity index is 1.72. The molecule has 2 aliphatic heterocycles. The molecule has 0 saturated carbocycles. The van der Waals surface area contributed by atoms with Crippen LogP contribution in [0.1, 0.15) is 25.0 Å². The molecule has 0 bridgehead atoms. The lowest BCUT2D eigenvalue weighted by atomic mass is 10.0. The van der Waals surface area contributed by atoms with Gasteiger partial charge >= 0.3 is 0 Å². The molecule has 0 saturated heterocycles. The largest absolute Gasteiger partial charge is 0.271 e. The second kappa shape index (κ2) is 6.84. The molecule has 2 aromatic carbocycles. The van der Waals surface area contributed by atoms with E-state index < -0.39 is 11.0 Å². The molecule has 4 rings (SSSR count). The number of amidine groups is 2. The third-order valence-corrected chi connectivity index (χ3v) is 4.72. The maximum Gasteiger partial charge on any atom is 0.269 e. The first-order valence-electron chi connectivity index (χ1n) is 8.98. The summed E-state index contributed by atoms with van der Waals surface area (Å²) in [5.41, 5.74) is 2.41. The van der Waals surface area contributed by atoms with Crippen LogP contribution in [0.25, 0.3) is 6.08 Å². The number of nitrogens with zero attached hydrogens (tertiary/aromatic N) is 4. The number of para-hydroxylation sites is 1. The van der Waals surface area contributed by atoms with Crippen molar-refractivity contribution in [1.29, 1.82) is 0 Å². The molecule has 0 fully saturated rings. The van der Waals surface area contributed by atoms with Crippen molar-refractivity contribution in [2.45, 2.75) is 19.9 Å². The number of benzene rings is 2. The fourth-order valence-corrected chi connectivity index (χ4v) is 3.25. The average molecular weight is 374 g/mol. The van der Waals surface area contributed by atoms with E-state index in [9.17, 15) is 14.9 Å². The minimum atomic E-state index is -0.437. The highest BCUT2D eigenvalue weighted by atomic mass is 16.6. The van der Waals surface area contributed by atoms with Crippen molar-refractivity contribution < 1.29 is 9.72 Å². The van der Waals surface area contributed by atoms with Gasteiger partial charge in [-0.2, -0.15) is 0 Å². The van der Waals surface area contributed by atoms with Gasteiger partial charge in [-0.15, -0.1) is 0 Å². The van der Waals surface area contributed by atoms with E-state index in [2.05, 4.69) is 9.98 Å². The van der Waals surface area contributed by atoms with Gasteiger partial charge in [0.1, 0.15) is 17.7 Å². The number of fused-ring (bicyclic) bond motifs is 3. The van der Waals surface area contributed by atoms with Gasteiger partial charge in [0.15, 0.2) is 0 Å². The summed E-state index contributed by atoms with van der Waals surface area (Å²) in [4.78, 5) is 34.2. The summed E-state index contributed by atoms with van der Waals surface area (Å²) >= 11 is 0. The molecule has 1 atom stereocenters. The van der Waals surface area contributed by atoms with Crippen molar-refractivity contribution in [3.8, 4) is 0 Å². The molecule has 2 aromatic rings. The highest BCUT2D eigenvalue weighted by Crippen LogP contribution is 2.32. The molecule has 7 heteroatoms. The number of carbonyl (C=O) groups excluding carboxylic acids is 1. The number of non-ortho nitro benzene ring substituents is 1. The highest BCUT2D eigenvalue weighted by Gasteiger charge is 2.41. The highest BCUT2D eigenvalue weighted by molar-refractivity contribution is 6.30. The van der Waals surface area contributed by atoms with Crippen molar-refractivity contribution in [2.24, 2.45) is 15.9 Å². The quantitative estimate of drug-likeness (QED) is 0.599. The van der Waals surface area contributed by atoms with E-state index in [1.165, 1.54) is 12.1 Å². The van der Waals surface area contributed by atoms with Crippen molar-refractivity contribution in [3.05, 3.63) is 75.8 Å². The number of nitro benzene ring substituents is 1. The van der Waals surface area contributed by atoms with E-state index in [-0.39, 0.29) is 17.5 Å². The summed E-state index contributed by atoms with van der Waals surface area (Å²) in [6, 6.07) is 13.4. The van der Waals surface area contributed by atoms with Gasteiger partial charge in [0.25, 0.3) is 11.6 Å². The van der Waals surface area contributed by atoms with E-state index in [4.69, 9.17) is 0 Å². The molecule has 2 aliphatic rings. The van der Waals surface area contributed by atoms with Crippen LogP contribution in [0.4, 0.5) is 11.4 Å². The molecule has 0 unspecified atom stereocenters. The Hall–Kier alpha value is -3.61. The van der Waals surface area contributed by atoms with Gasteiger partial charge < -0.3 is 0 Å². The molecule has 0 spiro atoms. The number of rotatable bonds is 4. The first kappa shape index (κ1) is 17.8. The van der Waals surface area contributed by atoms with Gasteiger partial charge in [0.05, 0.1) is 10.6 Å². The lowest BCUT2D eigenvalue weighted by Gasteiger charge is -2.24. The van der Waals surface area contributed by atoms with Gasteiger partial charge in [-0.3, -0.25) is 19.9 Å². The van der Waals surface area contributed by atoms with Crippen LogP contribution in [0.5, 0.6) is 0 Å². The van der Waals surface area contributed by atoms with Crippen LogP contribution in [0.15, 0.2) is 64.6 Å². The fraction of sp³-hybridized carbons (Fsp3) is 0.190. The summed E-state index contributed by atoms with van der Waals surface area (Å²) in [6.45, 7) is 3.95. The Bertz CT molecular complexity index is 1050. The number of carbonyl (C=O) groups is 1. The first-order valence-corrected chi connectivity index (χ1v) is 8.98. The lowest BCUT2D eigenvalue weighted by Crippen LogP contribution is -2.42. The van der Waals surface area contributed by atoms with Gasteiger partial charge in [-0.25, -0.2) is 9.89 Å². The normalized spacial score (nSPS) is 18.2. The zero-order valence-corrected chi connectivity index (χ0v) is 15.4. The molecule has 140 valence electrons. The van der Waals surface area contributed by atoms with E-state index in [0.717, 1.165) is 16.8 Å². The monoisotopic (exact) mass is 374 g/mol. The summed E-state index contributed by atoms with van der Waals surface area (Å²) in [7, 11) is 0. The van der Waals surface area contributed by atoms with Crippen molar-refractivity contribution in [3.63, 3.8) is 0 Å². The van der Waals surface area contributed by atoms with Crippen molar-refractivity contribution >= 4 is 35.0 Å². The van der Waals surface area contributed by atoms with E-state index in [1.54, 1.807) is 29.2 Å². The van der Waals surface area contributed by atoms with Crippen LogP contribution < -0.4 is 0 Å². The number of nitro groups is 1. The maximum absolute atomic E-state index is 13.0. The van der Waals surface area contributed by atoms with E-state index in [1.807, 2.05) is 38.1 Å². The lowest BCUT2D eigenvalue weighted by molar-refractivity contribution is -0.384. The van der Waals surface area contributed by atoms with Crippen LogP contribution in [-0.2, 0) is 4.79 Å². The fourth-order valence-electron chi connectivity index (χ4n) is 3.25. The zero-order valence-electron chi connectivity index (χ0n) is 15.4. The summed E-state index contributed by atoms with van der Waals surface area (Å²) in [6.07, 6.45) is 3.53. The number of hydrogen-bond donors (Lipinski definition) is 0. The molecule has 0 aliphatic carbocycles. The molecule has 7 nitrogen and oxygen atoms in total. The van der Waals surface area contributed by atoms with E-state index in [0.29, 0.717) is 11.7 Å². The van der Waals surface area contributed by atoms with Crippen molar-refractivity contribution in [2.75, 3.05) is 0 Å². The van der Waals surface area contributed by atoms with Gasteiger partial charge in [-0.1, -0.05) is 32.1 Å². The molecule has 0 aromatic heterocycles. The maximum atomic E-state index is 13.0. The van der Waals surface area contributed by atoms with Crippen LogP contribution >= 0.6 is 0 Å². The minimum Gasteiger partial charge on any atom is -0.271 e. The Labute approximate surface area is 161 Å². The van der Waals surface area contributed by atoms with Crippen LogP contribution in [0.2, 0.25) is 0 Å². The summed E-state index contributed by atoms with van der Waals surface area (Å²) < 4.78 is 0. The zero-order chi connectivity index (χ0) is 19.8. The predicted octanol–water partition coefficient (Wildman–Crippen LogP) is 3.97. The van der Waals surface area contributed by atoms with Gasteiger partial charge in [-0.05, 0) is 41.8 Å². The van der Waals surface area contributed by atoms with Crippen molar-refractivity contribution in [1.82, 2.24) is 4.90 Å². The molecule has 0 radical (unpaired) electrons. The number of amides is 1. The topological polar surface area (TPSA) is 88.2 Å². The molecule has 2 heterocycles. The molecular weight excluding hydrogens is 356 g/mol. The molecule has 1 amide bonds. The first-order chi connectivity index (χ1) is 13.5. The van der Waals surface area contributed by atoms with Crippen LogP contribution in [0, 0.1) is 16.0 Å².